The molecular weight excluding hydrogens is 224 g/mol. The number of hydrogen-bond acceptors (Lipinski definition) is 3. The van der Waals surface area contributed by atoms with Gasteiger partial charge in [-0.05, 0) is 31.9 Å². The molecule has 0 unspecified atom stereocenters. The Kier molecular flexibility index (Phi) is 4.75. The van der Waals surface area contributed by atoms with E-state index in [-0.39, 0.29) is 6.61 Å². The summed E-state index contributed by atoms with van der Waals surface area (Å²) in [4.78, 5) is 2.51. The Morgan fingerprint density at radius 3 is 2.67 bits per heavy atom. The first kappa shape index (κ1) is 13.5. The number of rotatable bonds is 5. The molecule has 1 aromatic rings. The lowest BCUT2D eigenvalue weighted by molar-refractivity contribution is 0.238. The van der Waals surface area contributed by atoms with Crippen molar-refractivity contribution in [3.8, 4) is 0 Å². The van der Waals surface area contributed by atoms with Gasteiger partial charge in [0.05, 0.1) is 0 Å². The molecule has 0 bridgehead atoms. The van der Waals surface area contributed by atoms with Gasteiger partial charge in [-0.3, -0.25) is 4.90 Å². The summed E-state index contributed by atoms with van der Waals surface area (Å²) in [5.74, 6) is 0.554. The van der Waals surface area contributed by atoms with Gasteiger partial charge in [-0.15, -0.1) is 0 Å². The Balaban J connectivity index is 2.01. The van der Waals surface area contributed by atoms with E-state index in [2.05, 4.69) is 47.5 Å². The number of nitrogens with zero attached hydrogens (tertiary/aromatic N) is 1. The van der Waals surface area contributed by atoms with E-state index >= 15 is 0 Å². The molecule has 1 saturated heterocycles. The van der Waals surface area contributed by atoms with Gasteiger partial charge in [0.15, 0.2) is 0 Å². The van der Waals surface area contributed by atoms with Gasteiger partial charge in [-0.2, -0.15) is 0 Å². The van der Waals surface area contributed by atoms with Crippen LogP contribution in [-0.2, 0) is 6.54 Å². The molecule has 0 radical (unpaired) electrons. The summed E-state index contributed by atoms with van der Waals surface area (Å²) in [5.41, 5.74) is 1.36. The van der Waals surface area contributed by atoms with Crippen LogP contribution in [0.1, 0.15) is 18.9 Å². The molecule has 1 aliphatic heterocycles. The van der Waals surface area contributed by atoms with Gasteiger partial charge < -0.3 is 10.4 Å². The van der Waals surface area contributed by atoms with Crippen molar-refractivity contribution in [2.45, 2.75) is 32.0 Å². The summed E-state index contributed by atoms with van der Waals surface area (Å²) in [6, 6.07) is 11.6. The van der Waals surface area contributed by atoms with Crippen LogP contribution in [0.5, 0.6) is 0 Å². The lowest BCUT2D eigenvalue weighted by atomic mass is 9.97. The monoisotopic (exact) mass is 248 g/mol. The lowest BCUT2D eigenvalue weighted by Crippen LogP contribution is -2.40. The third kappa shape index (κ3) is 2.91. The molecule has 18 heavy (non-hydrogen) atoms. The van der Waals surface area contributed by atoms with Crippen molar-refractivity contribution in [2.75, 3.05) is 20.2 Å². The molecule has 0 aromatic heterocycles. The predicted octanol–water partition coefficient (Wildman–Crippen LogP) is 1.48. The first-order chi connectivity index (χ1) is 8.76. The van der Waals surface area contributed by atoms with Crippen LogP contribution in [0, 0.1) is 5.92 Å². The van der Waals surface area contributed by atoms with E-state index in [4.69, 9.17) is 5.11 Å². The normalized spacial score (nSPS) is 28.7. The summed E-state index contributed by atoms with van der Waals surface area (Å²) < 4.78 is 0. The second-order valence-electron chi connectivity index (χ2n) is 5.24. The van der Waals surface area contributed by atoms with Gasteiger partial charge in [0.1, 0.15) is 0 Å². The number of nitrogens with one attached hydrogen (secondary N) is 1. The van der Waals surface area contributed by atoms with E-state index in [1.807, 2.05) is 7.05 Å². The molecule has 0 amide bonds. The molecule has 1 heterocycles. The third-order valence-corrected chi connectivity index (χ3v) is 4.13. The van der Waals surface area contributed by atoms with Crippen molar-refractivity contribution in [2.24, 2.45) is 5.92 Å². The van der Waals surface area contributed by atoms with Gasteiger partial charge in [0.25, 0.3) is 0 Å². The minimum absolute atomic E-state index is 0.286. The van der Waals surface area contributed by atoms with Crippen LogP contribution in [0.3, 0.4) is 0 Å². The Hall–Kier alpha value is -0.900. The fraction of sp³-hybridized carbons (Fsp3) is 0.600. The van der Waals surface area contributed by atoms with Gasteiger partial charge >= 0.3 is 0 Å². The van der Waals surface area contributed by atoms with Crippen molar-refractivity contribution >= 4 is 0 Å². The van der Waals surface area contributed by atoms with Crippen molar-refractivity contribution in [1.82, 2.24) is 10.2 Å². The minimum Gasteiger partial charge on any atom is -0.396 e. The standard InChI is InChI=1S/C15H24N2O/c1-12-15(16-2)14(8-9-18)11-17(12)10-13-6-4-3-5-7-13/h3-7,12,14-16,18H,8-11H2,1-2H3/t12-,14+,15-/m0/s1. The minimum atomic E-state index is 0.286. The van der Waals surface area contributed by atoms with Crippen molar-refractivity contribution in [3.05, 3.63) is 35.9 Å². The smallest absolute Gasteiger partial charge is 0.0434 e. The van der Waals surface area contributed by atoms with Crippen LogP contribution < -0.4 is 5.32 Å². The molecule has 3 nitrogen and oxygen atoms in total. The first-order valence-electron chi connectivity index (χ1n) is 6.82. The Morgan fingerprint density at radius 2 is 2.06 bits per heavy atom. The fourth-order valence-electron chi connectivity index (χ4n) is 3.14. The molecule has 0 saturated carbocycles. The molecule has 2 rings (SSSR count). The highest BCUT2D eigenvalue weighted by molar-refractivity contribution is 5.15. The molecule has 1 fully saturated rings. The first-order valence-corrected chi connectivity index (χ1v) is 6.82. The van der Waals surface area contributed by atoms with Crippen molar-refractivity contribution in [3.63, 3.8) is 0 Å². The predicted molar refractivity (Wildman–Crippen MR) is 74.4 cm³/mol. The molecule has 3 atom stereocenters. The van der Waals surface area contributed by atoms with E-state index in [0.29, 0.717) is 18.0 Å². The van der Waals surface area contributed by atoms with Crippen LogP contribution in [0.25, 0.3) is 0 Å². The van der Waals surface area contributed by atoms with E-state index in [9.17, 15) is 0 Å². The lowest BCUT2D eigenvalue weighted by Gasteiger charge is -2.24. The number of likely N-dealkylation sites (tertiary alicyclic amines) is 1. The van der Waals surface area contributed by atoms with Crippen LogP contribution in [0.2, 0.25) is 0 Å². The molecule has 0 aliphatic carbocycles. The largest absolute Gasteiger partial charge is 0.396 e. The van der Waals surface area contributed by atoms with Gasteiger partial charge in [-0.25, -0.2) is 0 Å². The third-order valence-electron chi connectivity index (χ3n) is 4.13. The molecule has 3 heteroatoms. The van der Waals surface area contributed by atoms with E-state index in [0.717, 1.165) is 19.5 Å². The highest BCUT2D eigenvalue weighted by atomic mass is 16.3. The Morgan fingerprint density at radius 1 is 1.33 bits per heavy atom. The number of benzene rings is 1. The SMILES string of the molecule is CN[C@@H]1[C@H](CCO)CN(Cc2ccccc2)[C@H]1C. The summed E-state index contributed by atoms with van der Waals surface area (Å²) in [6.07, 6.45) is 0.890. The van der Waals surface area contributed by atoms with Gasteiger partial charge in [0, 0.05) is 31.8 Å². The average molecular weight is 248 g/mol. The quantitative estimate of drug-likeness (QED) is 0.828. The molecule has 100 valence electrons. The van der Waals surface area contributed by atoms with Crippen molar-refractivity contribution in [1.29, 1.82) is 0 Å². The van der Waals surface area contributed by atoms with Crippen LogP contribution in [0.4, 0.5) is 0 Å². The average Bonchev–Trinajstić information content (AvgIpc) is 2.67. The Bertz CT molecular complexity index is 355. The molecular formula is C15H24N2O. The molecule has 1 aromatic carbocycles. The maximum absolute atomic E-state index is 9.16. The van der Waals surface area contributed by atoms with Crippen LogP contribution >= 0.6 is 0 Å². The summed E-state index contributed by atoms with van der Waals surface area (Å²) in [5, 5.41) is 12.6. The second kappa shape index (κ2) is 6.32. The second-order valence-corrected chi connectivity index (χ2v) is 5.24. The number of aliphatic hydroxyl groups excluding tert-OH is 1. The van der Waals surface area contributed by atoms with Gasteiger partial charge in [-0.1, -0.05) is 30.3 Å². The fourth-order valence-corrected chi connectivity index (χ4v) is 3.14. The van der Waals surface area contributed by atoms with Crippen LogP contribution in [0.15, 0.2) is 30.3 Å². The zero-order valence-corrected chi connectivity index (χ0v) is 11.3. The number of aliphatic hydroxyl groups is 1. The molecule has 1 aliphatic rings. The zero-order valence-electron chi connectivity index (χ0n) is 11.3. The van der Waals surface area contributed by atoms with E-state index in [1.165, 1.54) is 5.56 Å². The highest BCUT2D eigenvalue weighted by Gasteiger charge is 2.37. The molecule has 0 spiro atoms. The maximum Gasteiger partial charge on any atom is 0.0434 e. The summed E-state index contributed by atoms with van der Waals surface area (Å²) in [7, 11) is 2.03. The highest BCUT2D eigenvalue weighted by Crippen LogP contribution is 2.27. The summed E-state index contributed by atoms with van der Waals surface area (Å²) in [6.45, 7) is 4.64. The number of likely N-dealkylation sites (N-methyl/N-ethyl adjacent to an activating group) is 1. The number of hydrogen-bond donors (Lipinski definition) is 2. The zero-order chi connectivity index (χ0) is 13.0. The van der Waals surface area contributed by atoms with E-state index in [1.54, 1.807) is 0 Å². The topological polar surface area (TPSA) is 35.5 Å². The van der Waals surface area contributed by atoms with Crippen LogP contribution in [-0.4, -0.2) is 42.3 Å². The maximum atomic E-state index is 9.16. The summed E-state index contributed by atoms with van der Waals surface area (Å²) >= 11 is 0. The Labute approximate surface area is 110 Å². The van der Waals surface area contributed by atoms with Crippen molar-refractivity contribution < 1.29 is 5.11 Å². The molecule has 2 N–H and O–H groups in total. The van der Waals surface area contributed by atoms with Gasteiger partial charge in [0.2, 0.25) is 0 Å². The van der Waals surface area contributed by atoms with E-state index < -0.39 is 0 Å².